The number of rotatable bonds is 5. The second kappa shape index (κ2) is 6.66. The predicted molar refractivity (Wildman–Crippen MR) is 76.5 cm³/mol. The summed E-state index contributed by atoms with van der Waals surface area (Å²) in [6.07, 6.45) is -1.21. The van der Waals surface area contributed by atoms with E-state index < -0.39 is 18.0 Å². The average molecular weight is 296 g/mol. The lowest BCUT2D eigenvalue weighted by molar-refractivity contribution is -0.245. The predicted octanol–water partition coefficient (Wildman–Crippen LogP) is 0.390. The molecule has 0 saturated heterocycles. The van der Waals surface area contributed by atoms with E-state index in [0.29, 0.717) is 5.69 Å². The van der Waals surface area contributed by atoms with Gasteiger partial charge in [-0.1, -0.05) is 0 Å². The van der Waals surface area contributed by atoms with E-state index in [4.69, 9.17) is 4.74 Å². The highest BCUT2D eigenvalue weighted by atomic mass is 16.6. The molecule has 1 aromatic carbocycles. The summed E-state index contributed by atoms with van der Waals surface area (Å²) in [5.41, 5.74) is 0.789. The molecule has 3 N–H and O–H groups in total. The zero-order valence-corrected chi connectivity index (χ0v) is 12.5. The number of likely N-dealkylation sites (N-methyl/N-ethyl adjacent to an activating group) is 1. The lowest BCUT2D eigenvalue weighted by atomic mass is 10.2. The van der Waals surface area contributed by atoms with Crippen molar-refractivity contribution in [2.24, 2.45) is 0 Å². The summed E-state index contributed by atoms with van der Waals surface area (Å²) in [6, 6.07) is 6.07. The maximum atomic E-state index is 12.0. The fourth-order valence-corrected chi connectivity index (χ4v) is 1.77. The largest absolute Gasteiger partial charge is 0.437 e. The number of benzene rings is 1. The van der Waals surface area contributed by atoms with Crippen LogP contribution in [-0.2, 0) is 9.53 Å². The molecule has 0 aliphatic rings. The van der Waals surface area contributed by atoms with Crippen molar-refractivity contribution in [3.8, 4) is 0 Å². The Balaban J connectivity index is 2.81. The van der Waals surface area contributed by atoms with E-state index in [1.54, 1.807) is 26.2 Å². The Morgan fingerprint density at radius 2 is 1.76 bits per heavy atom. The van der Waals surface area contributed by atoms with Crippen LogP contribution in [0.25, 0.3) is 0 Å². The van der Waals surface area contributed by atoms with Gasteiger partial charge in [0.25, 0.3) is 0 Å². The first-order chi connectivity index (χ1) is 9.61. The molecule has 0 fully saturated rings. The Bertz CT molecular complexity index is 505. The summed E-state index contributed by atoms with van der Waals surface area (Å²) in [6.45, 7) is 2.51. The average Bonchev–Trinajstić information content (AvgIpc) is 2.34. The van der Waals surface area contributed by atoms with Gasteiger partial charge in [-0.05, 0) is 45.3 Å². The Hall–Kier alpha value is -1.96. The highest BCUT2D eigenvalue weighted by Gasteiger charge is 2.35. The number of hydrogen-bond donors (Lipinski definition) is 3. The number of esters is 1. The van der Waals surface area contributed by atoms with Crippen molar-refractivity contribution in [2.75, 3.05) is 19.4 Å². The Morgan fingerprint density at radius 1 is 1.24 bits per heavy atom. The molecule has 0 aliphatic carbocycles. The smallest absolute Gasteiger partial charge is 0.339 e. The number of amides is 1. The summed E-state index contributed by atoms with van der Waals surface area (Å²) in [4.78, 5) is 24.3. The molecule has 1 unspecified atom stereocenters. The van der Waals surface area contributed by atoms with Crippen LogP contribution in [0.2, 0.25) is 0 Å². The molecule has 0 aliphatic heterocycles. The lowest BCUT2D eigenvalue weighted by Gasteiger charge is -2.32. The van der Waals surface area contributed by atoms with Crippen LogP contribution in [0.3, 0.4) is 0 Å². The molecule has 1 atom stereocenters. The van der Waals surface area contributed by atoms with Crippen molar-refractivity contribution in [2.45, 2.75) is 25.9 Å². The van der Waals surface area contributed by atoms with Gasteiger partial charge in [0.05, 0.1) is 5.56 Å². The number of carbonyl (C=O) groups is 2. The molecular formula is C14H20N2O5. The van der Waals surface area contributed by atoms with Gasteiger partial charge in [-0.2, -0.15) is 0 Å². The minimum Gasteiger partial charge on any atom is -0.437 e. The van der Waals surface area contributed by atoms with Crippen molar-refractivity contribution in [1.82, 2.24) is 4.90 Å². The summed E-state index contributed by atoms with van der Waals surface area (Å²) < 4.78 is 5.08. The van der Waals surface area contributed by atoms with Crippen LogP contribution in [0.15, 0.2) is 24.3 Å². The summed E-state index contributed by atoms with van der Waals surface area (Å²) in [5.74, 6) is -3.10. The molecule has 0 heterocycles. The zero-order valence-electron chi connectivity index (χ0n) is 12.5. The Kier molecular flexibility index (Phi) is 5.42. The SMILES string of the molecule is CC(=O)Nc1ccc(C(=O)OC(N(C)C)C(C)(O)O)cc1. The monoisotopic (exact) mass is 296 g/mol. The minimum absolute atomic E-state index is 0.214. The van der Waals surface area contributed by atoms with Crippen LogP contribution in [-0.4, -0.2) is 53.1 Å². The van der Waals surface area contributed by atoms with Crippen LogP contribution >= 0.6 is 0 Å². The molecule has 0 spiro atoms. The molecule has 7 heteroatoms. The summed E-state index contributed by atoms with van der Waals surface area (Å²) in [7, 11) is 3.12. The molecule has 1 amide bonds. The molecular weight excluding hydrogens is 276 g/mol. The Labute approximate surface area is 123 Å². The molecule has 1 aromatic rings. The van der Waals surface area contributed by atoms with E-state index in [1.807, 2.05) is 0 Å². The number of aliphatic hydroxyl groups is 2. The minimum atomic E-state index is -2.19. The van der Waals surface area contributed by atoms with Crippen LogP contribution in [0, 0.1) is 0 Å². The van der Waals surface area contributed by atoms with Crippen molar-refractivity contribution in [3.05, 3.63) is 29.8 Å². The third-order valence-electron chi connectivity index (χ3n) is 2.60. The second-order valence-electron chi connectivity index (χ2n) is 5.07. The number of carbonyl (C=O) groups excluding carboxylic acids is 2. The van der Waals surface area contributed by atoms with Gasteiger partial charge in [0.2, 0.25) is 17.9 Å². The fourth-order valence-electron chi connectivity index (χ4n) is 1.77. The quantitative estimate of drug-likeness (QED) is 0.537. The normalized spacial score (nSPS) is 12.9. The van der Waals surface area contributed by atoms with E-state index in [0.717, 1.165) is 6.92 Å². The first-order valence-corrected chi connectivity index (χ1v) is 6.31. The van der Waals surface area contributed by atoms with Gasteiger partial charge in [0.1, 0.15) is 0 Å². The summed E-state index contributed by atoms with van der Waals surface area (Å²) in [5, 5.41) is 21.7. The van der Waals surface area contributed by atoms with Crippen LogP contribution in [0.1, 0.15) is 24.2 Å². The first-order valence-electron chi connectivity index (χ1n) is 6.31. The first kappa shape index (κ1) is 17.1. The number of anilines is 1. The lowest BCUT2D eigenvalue weighted by Crippen LogP contribution is -2.50. The maximum absolute atomic E-state index is 12.0. The van der Waals surface area contributed by atoms with E-state index in [9.17, 15) is 19.8 Å². The number of ether oxygens (including phenoxy) is 1. The zero-order chi connectivity index (χ0) is 16.2. The molecule has 7 nitrogen and oxygen atoms in total. The van der Waals surface area contributed by atoms with Crippen molar-refractivity contribution < 1.29 is 24.5 Å². The molecule has 0 bridgehead atoms. The summed E-state index contributed by atoms with van der Waals surface area (Å²) >= 11 is 0. The van der Waals surface area contributed by atoms with Crippen molar-refractivity contribution in [3.63, 3.8) is 0 Å². The van der Waals surface area contributed by atoms with Gasteiger partial charge in [0, 0.05) is 12.6 Å². The van der Waals surface area contributed by atoms with Gasteiger partial charge in [-0.25, -0.2) is 4.79 Å². The number of nitrogens with one attached hydrogen (secondary N) is 1. The molecule has 0 radical (unpaired) electrons. The third-order valence-corrected chi connectivity index (χ3v) is 2.60. The van der Waals surface area contributed by atoms with Crippen LogP contribution in [0.4, 0.5) is 5.69 Å². The van der Waals surface area contributed by atoms with E-state index >= 15 is 0 Å². The van der Waals surface area contributed by atoms with Crippen LogP contribution < -0.4 is 5.32 Å². The van der Waals surface area contributed by atoms with Crippen LogP contribution in [0.5, 0.6) is 0 Å². The maximum Gasteiger partial charge on any atom is 0.339 e. The molecule has 1 rings (SSSR count). The van der Waals surface area contributed by atoms with Gasteiger partial charge < -0.3 is 20.3 Å². The number of nitrogens with zero attached hydrogens (tertiary/aromatic N) is 1. The second-order valence-corrected chi connectivity index (χ2v) is 5.07. The standard InChI is InChI=1S/C14H20N2O5/c1-9(17)15-11-7-5-10(6-8-11)12(18)21-13(16(3)4)14(2,19)20/h5-8,13,19-20H,1-4H3,(H,15,17). The number of hydrogen-bond acceptors (Lipinski definition) is 6. The van der Waals surface area contributed by atoms with Gasteiger partial charge in [0.15, 0.2) is 0 Å². The van der Waals surface area contributed by atoms with Crippen molar-refractivity contribution in [1.29, 1.82) is 0 Å². The molecule has 116 valence electrons. The Morgan fingerprint density at radius 3 is 2.14 bits per heavy atom. The highest BCUT2D eigenvalue weighted by molar-refractivity contribution is 5.92. The van der Waals surface area contributed by atoms with Gasteiger partial charge in [-0.3, -0.25) is 9.69 Å². The highest BCUT2D eigenvalue weighted by Crippen LogP contribution is 2.16. The van der Waals surface area contributed by atoms with Gasteiger partial charge in [-0.15, -0.1) is 0 Å². The van der Waals surface area contributed by atoms with Crippen molar-refractivity contribution >= 4 is 17.6 Å². The van der Waals surface area contributed by atoms with E-state index in [2.05, 4.69) is 5.32 Å². The van der Waals surface area contributed by atoms with E-state index in [1.165, 1.54) is 24.0 Å². The molecule has 0 saturated carbocycles. The molecule has 21 heavy (non-hydrogen) atoms. The third kappa shape index (κ3) is 5.14. The fraction of sp³-hybridized carbons (Fsp3) is 0.429. The topological polar surface area (TPSA) is 99.1 Å². The van der Waals surface area contributed by atoms with E-state index in [-0.39, 0.29) is 11.5 Å². The van der Waals surface area contributed by atoms with Gasteiger partial charge >= 0.3 is 5.97 Å². The molecule has 0 aromatic heterocycles.